The third-order valence-electron chi connectivity index (χ3n) is 2.40. The van der Waals surface area contributed by atoms with Gasteiger partial charge < -0.3 is 10.1 Å². The average molecular weight is 326 g/mol. The Balaban J connectivity index is 1.94. The van der Waals surface area contributed by atoms with Gasteiger partial charge in [-0.2, -0.15) is 0 Å². The van der Waals surface area contributed by atoms with Gasteiger partial charge in [0, 0.05) is 10.4 Å². The number of hydrogen-bond donors (Lipinski definition) is 1. The molecule has 0 saturated heterocycles. The Morgan fingerprint density at radius 2 is 2.00 bits per heavy atom. The molecular formula is C13H12BrNO2S. The van der Waals surface area contributed by atoms with E-state index < -0.39 is 0 Å². The Kier molecular flexibility index (Phi) is 4.38. The van der Waals surface area contributed by atoms with Crippen LogP contribution in [-0.4, -0.2) is 13.0 Å². The molecule has 94 valence electrons. The number of amides is 1. The van der Waals surface area contributed by atoms with Gasteiger partial charge in [0.25, 0.3) is 5.91 Å². The molecule has 0 spiro atoms. The summed E-state index contributed by atoms with van der Waals surface area (Å²) in [5.74, 6) is 0.663. The molecule has 2 rings (SSSR count). The average Bonchev–Trinajstić information content (AvgIpc) is 2.82. The molecule has 18 heavy (non-hydrogen) atoms. The summed E-state index contributed by atoms with van der Waals surface area (Å²) < 4.78 is 6.11. The fourth-order valence-electron chi connectivity index (χ4n) is 1.46. The zero-order chi connectivity index (χ0) is 13.0. The van der Waals surface area contributed by atoms with Gasteiger partial charge in [0.1, 0.15) is 5.75 Å². The molecule has 0 saturated carbocycles. The maximum absolute atomic E-state index is 11.9. The molecule has 0 unspecified atom stereocenters. The van der Waals surface area contributed by atoms with E-state index in [0.29, 0.717) is 12.1 Å². The molecule has 1 amide bonds. The SMILES string of the molecule is COc1ccc(C(=O)NCc2ccc(Br)s2)cc1. The molecule has 5 heteroatoms. The summed E-state index contributed by atoms with van der Waals surface area (Å²) in [5.41, 5.74) is 0.631. The summed E-state index contributed by atoms with van der Waals surface area (Å²) in [4.78, 5) is 13.0. The summed E-state index contributed by atoms with van der Waals surface area (Å²) in [7, 11) is 1.60. The van der Waals surface area contributed by atoms with Crippen LogP contribution in [0.1, 0.15) is 15.2 Å². The van der Waals surface area contributed by atoms with E-state index in [0.717, 1.165) is 14.4 Å². The van der Waals surface area contributed by atoms with E-state index in [1.807, 2.05) is 12.1 Å². The van der Waals surface area contributed by atoms with Gasteiger partial charge in [-0.05, 0) is 52.3 Å². The second-order valence-electron chi connectivity index (χ2n) is 3.62. The number of nitrogens with one attached hydrogen (secondary N) is 1. The molecule has 1 heterocycles. The maximum atomic E-state index is 11.9. The van der Waals surface area contributed by atoms with Gasteiger partial charge in [-0.15, -0.1) is 11.3 Å². The minimum absolute atomic E-state index is 0.0813. The number of rotatable bonds is 4. The lowest BCUT2D eigenvalue weighted by molar-refractivity contribution is 0.0951. The summed E-state index contributed by atoms with van der Waals surface area (Å²) >= 11 is 5.00. The van der Waals surface area contributed by atoms with Crippen LogP contribution in [0.5, 0.6) is 5.75 Å². The van der Waals surface area contributed by atoms with Crippen molar-refractivity contribution in [2.75, 3.05) is 7.11 Å². The van der Waals surface area contributed by atoms with Crippen molar-refractivity contribution in [2.24, 2.45) is 0 Å². The number of methoxy groups -OCH3 is 1. The van der Waals surface area contributed by atoms with Gasteiger partial charge in [0.2, 0.25) is 0 Å². The molecular weight excluding hydrogens is 314 g/mol. The molecule has 2 aromatic rings. The van der Waals surface area contributed by atoms with Crippen molar-refractivity contribution < 1.29 is 9.53 Å². The fraction of sp³-hybridized carbons (Fsp3) is 0.154. The van der Waals surface area contributed by atoms with Crippen LogP contribution >= 0.6 is 27.3 Å². The van der Waals surface area contributed by atoms with Crippen LogP contribution in [0.4, 0.5) is 0 Å². The smallest absolute Gasteiger partial charge is 0.251 e. The lowest BCUT2D eigenvalue weighted by Crippen LogP contribution is -2.22. The molecule has 1 aromatic heterocycles. The first-order valence-electron chi connectivity index (χ1n) is 5.35. The number of ether oxygens (including phenoxy) is 1. The highest BCUT2D eigenvalue weighted by Gasteiger charge is 2.06. The zero-order valence-electron chi connectivity index (χ0n) is 9.77. The van der Waals surface area contributed by atoms with Crippen LogP contribution in [0.2, 0.25) is 0 Å². The first-order chi connectivity index (χ1) is 8.69. The van der Waals surface area contributed by atoms with Crippen molar-refractivity contribution in [3.8, 4) is 5.75 Å². The minimum atomic E-state index is -0.0813. The highest BCUT2D eigenvalue weighted by molar-refractivity contribution is 9.11. The largest absolute Gasteiger partial charge is 0.497 e. The number of carbonyl (C=O) groups excluding carboxylic acids is 1. The summed E-state index contributed by atoms with van der Waals surface area (Å²) in [5, 5.41) is 2.88. The van der Waals surface area contributed by atoms with Gasteiger partial charge in [0.05, 0.1) is 17.4 Å². The van der Waals surface area contributed by atoms with Gasteiger partial charge >= 0.3 is 0 Å². The standard InChI is InChI=1S/C13H12BrNO2S/c1-17-10-4-2-9(3-5-10)13(16)15-8-11-6-7-12(14)18-11/h2-7H,8H2,1H3,(H,15,16). The normalized spacial score (nSPS) is 10.1. The van der Waals surface area contributed by atoms with E-state index in [-0.39, 0.29) is 5.91 Å². The van der Waals surface area contributed by atoms with Gasteiger partial charge in [-0.3, -0.25) is 4.79 Å². The second kappa shape index (κ2) is 6.02. The van der Waals surface area contributed by atoms with Crippen LogP contribution in [0.3, 0.4) is 0 Å². The molecule has 3 nitrogen and oxygen atoms in total. The molecule has 0 aliphatic heterocycles. The van der Waals surface area contributed by atoms with Gasteiger partial charge in [0.15, 0.2) is 0 Å². The number of thiophene rings is 1. The number of carbonyl (C=O) groups is 1. The van der Waals surface area contributed by atoms with Crippen molar-refractivity contribution in [1.82, 2.24) is 5.32 Å². The topological polar surface area (TPSA) is 38.3 Å². The first kappa shape index (κ1) is 13.1. The van der Waals surface area contributed by atoms with Gasteiger partial charge in [-0.1, -0.05) is 0 Å². The van der Waals surface area contributed by atoms with Crippen LogP contribution in [0, 0.1) is 0 Å². The van der Waals surface area contributed by atoms with Gasteiger partial charge in [-0.25, -0.2) is 0 Å². The summed E-state index contributed by atoms with van der Waals surface area (Å²) in [6.45, 7) is 0.543. The fourth-order valence-corrected chi connectivity index (χ4v) is 2.88. The minimum Gasteiger partial charge on any atom is -0.497 e. The molecule has 0 atom stereocenters. The third-order valence-corrected chi connectivity index (χ3v) is 4.03. The zero-order valence-corrected chi connectivity index (χ0v) is 12.2. The van der Waals surface area contributed by atoms with Crippen LogP contribution in [0.15, 0.2) is 40.2 Å². The Morgan fingerprint density at radius 3 is 2.56 bits per heavy atom. The van der Waals surface area contributed by atoms with Crippen molar-refractivity contribution in [1.29, 1.82) is 0 Å². The van der Waals surface area contributed by atoms with E-state index >= 15 is 0 Å². The van der Waals surface area contributed by atoms with E-state index in [4.69, 9.17) is 4.74 Å². The predicted molar refractivity (Wildman–Crippen MR) is 76.2 cm³/mol. The highest BCUT2D eigenvalue weighted by atomic mass is 79.9. The number of hydrogen-bond acceptors (Lipinski definition) is 3. The van der Waals surface area contributed by atoms with E-state index in [9.17, 15) is 4.79 Å². The Morgan fingerprint density at radius 1 is 1.28 bits per heavy atom. The molecule has 0 radical (unpaired) electrons. The van der Waals surface area contributed by atoms with Crippen LogP contribution in [-0.2, 0) is 6.54 Å². The first-order valence-corrected chi connectivity index (χ1v) is 6.96. The molecule has 0 fully saturated rings. The highest BCUT2D eigenvalue weighted by Crippen LogP contribution is 2.21. The van der Waals surface area contributed by atoms with Crippen molar-refractivity contribution >= 4 is 33.2 Å². The van der Waals surface area contributed by atoms with E-state index in [2.05, 4.69) is 21.2 Å². The Hall–Kier alpha value is -1.33. The van der Waals surface area contributed by atoms with Crippen LogP contribution in [0.25, 0.3) is 0 Å². The van der Waals surface area contributed by atoms with E-state index in [1.165, 1.54) is 0 Å². The third kappa shape index (κ3) is 3.34. The number of benzene rings is 1. The molecule has 0 aliphatic rings. The lowest BCUT2D eigenvalue weighted by Gasteiger charge is -2.04. The predicted octanol–water partition coefficient (Wildman–Crippen LogP) is 3.45. The molecule has 0 bridgehead atoms. The van der Waals surface area contributed by atoms with Crippen molar-refractivity contribution in [2.45, 2.75) is 6.54 Å². The van der Waals surface area contributed by atoms with Crippen molar-refractivity contribution in [3.05, 3.63) is 50.6 Å². The molecule has 1 aromatic carbocycles. The lowest BCUT2D eigenvalue weighted by atomic mass is 10.2. The quantitative estimate of drug-likeness (QED) is 0.935. The van der Waals surface area contributed by atoms with Crippen molar-refractivity contribution in [3.63, 3.8) is 0 Å². The monoisotopic (exact) mass is 325 g/mol. The van der Waals surface area contributed by atoms with Crippen LogP contribution < -0.4 is 10.1 Å². The second-order valence-corrected chi connectivity index (χ2v) is 6.16. The molecule has 0 aliphatic carbocycles. The Labute approximate surface area is 118 Å². The number of halogens is 1. The summed E-state index contributed by atoms with van der Waals surface area (Å²) in [6.07, 6.45) is 0. The Bertz CT molecular complexity index is 536. The van der Waals surface area contributed by atoms with E-state index in [1.54, 1.807) is 42.7 Å². The summed E-state index contributed by atoms with van der Waals surface area (Å²) in [6, 6.07) is 11.0. The maximum Gasteiger partial charge on any atom is 0.251 e. The molecule has 1 N–H and O–H groups in total.